The van der Waals surface area contributed by atoms with Crippen molar-refractivity contribution in [1.29, 1.82) is 5.26 Å². The number of pyridine rings is 2. The summed E-state index contributed by atoms with van der Waals surface area (Å²) in [6.45, 7) is 1.12. The molecule has 0 spiro atoms. The Balaban J connectivity index is 2.19. The van der Waals surface area contributed by atoms with Crippen LogP contribution < -0.4 is 4.90 Å². The van der Waals surface area contributed by atoms with Crippen LogP contribution in [0.4, 0.5) is 10.1 Å². The first-order valence-corrected chi connectivity index (χ1v) is 5.92. The highest BCUT2D eigenvalue weighted by Crippen LogP contribution is 2.17. The Morgan fingerprint density at radius 1 is 1.32 bits per heavy atom. The molecule has 0 saturated carbocycles. The molecule has 0 aliphatic heterocycles. The molecule has 2 aromatic rings. The van der Waals surface area contributed by atoms with Gasteiger partial charge in [0, 0.05) is 43.4 Å². The second kappa shape index (κ2) is 6.45. The average molecular weight is 256 g/mol. The van der Waals surface area contributed by atoms with E-state index in [1.54, 1.807) is 18.5 Å². The molecule has 4 nitrogen and oxygen atoms in total. The lowest BCUT2D eigenvalue weighted by molar-refractivity contribution is 0.582. The minimum Gasteiger partial charge on any atom is -0.366 e. The largest absolute Gasteiger partial charge is 0.366 e. The van der Waals surface area contributed by atoms with Gasteiger partial charge in [-0.1, -0.05) is 6.07 Å². The van der Waals surface area contributed by atoms with Crippen LogP contribution in [0.15, 0.2) is 42.9 Å². The molecule has 0 amide bonds. The monoisotopic (exact) mass is 256 g/mol. The van der Waals surface area contributed by atoms with Crippen molar-refractivity contribution in [1.82, 2.24) is 9.97 Å². The van der Waals surface area contributed by atoms with E-state index in [1.165, 1.54) is 12.3 Å². The molecule has 0 N–H and O–H groups in total. The lowest BCUT2D eigenvalue weighted by Gasteiger charge is -2.23. The van der Waals surface area contributed by atoms with Crippen molar-refractivity contribution < 1.29 is 4.39 Å². The van der Waals surface area contributed by atoms with Crippen LogP contribution in [0.1, 0.15) is 12.0 Å². The molecular formula is C14H13FN4. The molecule has 0 fully saturated rings. The molecule has 0 saturated heterocycles. The summed E-state index contributed by atoms with van der Waals surface area (Å²) in [6, 6.07) is 9.00. The zero-order valence-electron chi connectivity index (χ0n) is 10.3. The molecule has 0 atom stereocenters. The number of hydrogen-bond acceptors (Lipinski definition) is 4. The third-order valence-corrected chi connectivity index (χ3v) is 2.67. The van der Waals surface area contributed by atoms with Gasteiger partial charge in [-0.2, -0.15) is 9.65 Å². The molecule has 0 radical (unpaired) electrons. The van der Waals surface area contributed by atoms with Gasteiger partial charge in [0.25, 0.3) is 0 Å². The predicted molar refractivity (Wildman–Crippen MR) is 69.7 cm³/mol. The zero-order valence-corrected chi connectivity index (χ0v) is 10.3. The number of hydrogen-bond donors (Lipinski definition) is 0. The third-order valence-electron chi connectivity index (χ3n) is 2.67. The van der Waals surface area contributed by atoms with Crippen molar-refractivity contribution in [3.63, 3.8) is 0 Å². The van der Waals surface area contributed by atoms with Gasteiger partial charge in [0.2, 0.25) is 5.95 Å². The number of nitriles is 1. The lowest BCUT2D eigenvalue weighted by Crippen LogP contribution is -2.24. The molecule has 5 heteroatoms. The smallest absolute Gasteiger partial charge is 0.214 e. The van der Waals surface area contributed by atoms with Crippen molar-refractivity contribution in [2.45, 2.75) is 13.0 Å². The molecule has 0 aliphatic rings. The van der Waals surface area contributed by atoms with Gasteiger partial charge in [0.1, 0.15) is 0 Å². The third kappa shape index (κ3) is 3.75. The highest BCUT2D eigenvalue weighted by atomic mass is 19.1. The van der Waals surface area contributed by atoms with Crippen molar-refractivity contribution in [3.8, 4) is 6.07 Å². The summed E-state index contributed by atoms with van der Waals surface area (Å²) in [5.41, 5.74) is 1.73. The van der Waals surface area contributed by atoms with Gasteiger partial charge in [-0.05, 0) is 17.7 Å². The minimum absolute atomic E-state index is 0.379. The van der Waals surface area contributed by atoms with Gasteiger partial charge in [0.05, 0.1) is 12.5 Å². The van der Waals surface area contributed by atoms with E-state index >= 15 is 0 Å². The second-order valence-corrected chi connectivity index (χ2v) is 4.03. The Morgan fingerprint density at radius 3 is 2.89 bits per heavy atom. The summed E-state index contributed by atoms with van der Waals surface area (Å²) < 4.78 is 13.2. The molecule has 2 heterocycles. The minimum atomic E-state index is -0.523. The molecule has 19 heavy (non-hydrogen) atoms. The number of anilines is 1. The molecule has 0 bridgehead atoms. The number of nitrogens with zero attached hydrogens (tertiary/aromatic N) is 4. The van der Waals surface area contributed by atoms with Crippen molar-refractivity contribution in [3.05, 3.63) is 54.4 Å². The van der Waals surface area contributed by atoms with Gasteiger partial charge in [-0.3, -0.25) is 4.98 Å². The standard InChI is InChI=1S/C14H13FN4/c15-14-9-13(4-7-18-14)19(8-2-5-16)11-12-3-1-6-17-10-12/h1,3-4,6-7,9-10H,2,8,11H2. The van der Waals surface area contributed by atoms with E-state index in [9.17, 15) is 4.39 Å². The summed E-state index contributed by atoms with van der Waals surface area (Å²) in [4.78, 5) is 9.53. The normalized spacial score (nSPS) is 9.89. The first kappa shape index (κ1) is 13.0. The van der Waals surface area contributed by atoms with Crippen molar-refractivity contribution >= 4 is 5.69 Å². The van der Waals surface area contributed by atoms with Gasteiger partial charge < -0.3 is 4.90 Å². The Bertz CT molecular complexity index is 565. The quantitative estimate of drug-likeness (QED) is 0.771. The molecule has 2 rings (SSSR count). The SMILES string of the molecule is N#CCCN(Cc1cccnc1)c1ccnc(F)c1. The Morgan fingerprint density at radius 2 is 2.21 bits per heavy atom. The lowest BCUT2D eigenvalue weighted by atomic mass is 10.2. The van der Waals surface area contributed by atoms with Gasteiger partial charge in [-0.15, -0.1) is 0 Å². The van der Waals surface area contributed by atoms with Crippen molar-refractivity contribution in [2.75, 3.05) is 11.4 Å². The summed E-state index contributed by atoms with van der Waals surface area (Å²) in [5, 5.41) is 8.71. The number of rotatable bonds is 5. The Hall–Kier alpha value is -2.48. The Kier molecular flexibility index (Phi) is 4.40. The van der Waals surface area contributed by atoms with Crippen LogP contribution in [0.3, 0.4) is 0 Å². The maximum Gasteiger partial charge on any atom is 0.214 e. The topological polar surface area (TPSA) is 52.8 Å². The summed E-state index contributed by atoms with van der Waals surface area (Å²) in [6.07, 6.45) is 5.27. The van der Waals surface area contributed by atoms with Crippen LogP contribution in [0.25, 0.3) is 0 Å². The number of aromatic nitrogens is 2. The van der Waals surface area contributed by atoms with E-state index in [-0.39, 0.29) is 0 Å². The first-order valence-electron chi connectivity index (χ1n) is 5.92. The fourth-order valence-electron chi connectivity index (χ4n) is 1.79. The van der Waals surface area contributed by atoms with Crippen molar-refractivity contribution in [2.24, 2.45) is 0 Å². The van der Waals surface area contributed by atoms with E-state index in [0.717, 1.165) is 5.56 Å². The highest BCUT2D eigenvalue weighted by Gasteiger charge is 2.08. The summed E-state index contributed by atoms with van der Waals surface area (Å²) in [5.74, 6) is -0.523. The van der Waals surface area contributed by atoms with E-state index in [1.807, 2.05) is 17.0 Å². The average Bonchev–Trinajstić information content (AvgIpc) is 2.44. The zero-order chi connectivity index (χ0) is 13.5. The molecule has 0 aliphatic carbocycles. The fourth-order valence-corrected chi connectivity index (χ4v) is 1.79. The van der Waals surface area contributed by atoms with Crippen LogP contribution >= 0.6 is 0 Å². The molecule has 0 aromatic carbocycles. The first-order chi connectivity index (χ1) is 9.29. The van der Waals surface area contributed by atoms with Crippen LogP contribution in [-0.2, 0) is 6.54 Å². The summed E-state index contributed by atoms with van der Waals surface area (Å²) in [7, 11) is 0. The highest BCUT2D eigenvalue weighted by molar-refractivity contribution is 5.45. The Labute approximate surface area is 111 Å². The van der Waals surface area contributed by atoms with E-state index < -0.39 is 5.95 Å². The van der Waals surface area contributed by atoms with E-state index in [0.29, 0.717) is 25.2 Å². The van der Waals surface area contributed by atoms with Crippen LogP contribution in [-0.4, -0.2) is 16.5 Å². The molecule has 0 unspecified atom stereocenters. The predicted octanol–water partition coefficient (Wildman–Crippen LogP) is 2.54. The number of halogens is 1. The van der Waals surface area contributed by atoms with E-state index in [4.69, 9.17) is 5.26 Å². The maximum atomic E-state index is 13.2. The van der Waals surface area contributed by atoms with Gasteiger partial charge in [-0.25, -0.2) is 4.98 Å². The molecular weight excluding hydrogens is 243 g/mol. The van der Waals surface area contributed by atoms with Crippen LogP contribution in [0, 0.1) is 17.3 Å². The molecule has 2 aromatic heterocycles. The van der Waals surface area contributed by atoms with Gasteiger partial charge >= 0.3 is 0 Å². The van der Waals surface area contributed by atoms with Crippen LogP contribution in [0.2, 0.25) is 0 Å². The van der Waals surface area contributed by atoms with Crippen LogP contribution in [0.5, 0.6) is 0 Å². The molecule has 96 valence electrons. The summed E-state index contributed by atoms with van der Waals surface area (Å²) >= 11 is 0. The van der Waals surface area contributed by atoms with E-state index in [2.05, 4.69) is 16.0 Å². The second-order valence-electron chi connectivity index (χ2n) is 4.03. The fraction of sp³-hybridized carbons (Fsp3) is 0.214. The maximum absolute atomic E-state index is 13.2. The van der Waals surface area contributed by atoms with Gasteiger partial charge in [0.15, 0.2) is 0 Å².